The first kappa shape index (κ1) is 13.8. The van der Waals surface area contributed by atoms with Crippen LogP contribution >= 0.6 is 0 Å². The maximum absolute atomic E-state index is 12.6. The van der Waals surface area contributed by atoms with Gasteiger partial charge in [0.15, 0.2) is 0 Å². The van der Waals surface area contributed by atoms with Crippen LogP contribution in [0.5, 0.6) is 0 Å². The van der Waals surface area contributed by atoms with E-state index in [1.54, 1.807) is 18.1 Å². The highest BCUT2D eigenvalue weighted by Crippen LogP contribution is 2.29. The van der Waals surface area contributed by atoms with Gasteiger partial charge in [0.25, 0.3) is 5.91 Å². The number of carbonyl (C=O) groups excluding carboxylic acids is 1. The minimum atomic E-state index is -0.197. The lowest BCUT2D eigenvalue weighted by Gasteiger charge is -2.34. The second-order valence-electron chi connectivity index (χ2n) is 5.78. The average molecular weight is 285 g/mol. The number of nitrogens with zero attached hydrogens (tertiary/aromatic N) is 2. The Hall–Kier alpha value is -2.14. The van der Waals surface area contributed by atoms with Gasteiger partial charge < -0.3 is 15.7 Å². The first-order valence-electron chi connectivity index (χ1n) is 7.13. The number of benzene rings is 1. The summed E-state index contributed by atoms with van der Waals surface area (Å²) in [6, 6.07) is 7.53. The highest BCUT2D eigenvalue weighted by molar-refractivity contribution is 6.08. The lowest BCUT2D eigenvalue weighted by Crippen LogP contribution is -2.39. The zero-order valence-corrected chi connectivity index (χ0v) is 12.0. The van der Waals surface area contributed by atoms with E-state index in [0.717, 1.165) is 23.6 Å². The van der Waals surface area contributed by atoms with Crippen LogP contribution in [0.15, 0.2) is 30.5 Å². The van der Waals surface area contributed by atoms with Gasteiger partial charge in [-0.15, -0.1) is 0 Å². The van der Waals surface area contributed by atoms with Crippen LogP contribution in [0, 0.1) is 5.92 Å². The third-order valence-electron chi connectivity index (χ3n) is 4.15. The standard InChI is InChI=1S/C16H19N3O2/c1-19(9-10-6-11(20)7-10)16(21)14-8-18-15(17)13-5-3-2-4-12(13)14/h2-5,8,10-11,20H,6-7,9H2,1H3,(H2,17,18). The van der Waals surface area contributed by atoms with E-state index in [9.17, 15) is 9.90 Å². The Bertz CT molecular complexity index is 680. The molecule has 2 aromatic rings. The normalized spacial score (nSPS) is 21.0. The lowest BCUT2D eigenvalue weighted by atomic mass is 9.82. The Morgan fingerprint density at radius 1 is 1.38 bits per heavy atom. The summed E-state index contributed by atoms with van der Waals surface area (Å²) < 4.78 is 0. The van der Waals surface area contributed by atoms with E-state index in [0.29, 0.717) is 23.8 Å². The molecule has 1 aliphatic carbocycles. The molecule has 0 atom stereocenters. The molecule has 5 nitrogen and oxygen atoms in total. The molecule has 5 heteroatoms. The third kappa shape index (κ3) is 2.56. The number of pyridine rings is 1. The van der Waals surface area contributed by atoms with E-state index in [1.165, 1.54) is 0 Å². The van der Waals surface area contributed by atoms with Crippen LogP contribution in [-0.4, -0.2) is 40.6 Å². The Morgan fingerprint density at radius 2 is 2.05 bits per heavy atom. The van der Waals surface area contributed by atoms with Crippen molar-refractivity contribution in [3.05, 3.63) is 36.0 Å². The van der Waals surface area contributed by atoms with Crippen molar-refractivity contribution in [2.24, 2.45) is 5.92 Å². The second kappa shape index (κ2) is 5.33. The molecule has 1 amide bonds. The topological polar surface area (TPSA) is 79.5 Å². The molecule has 1 aromatic carbocycles. The Morgan fingerprint density at radius 3 is 2.71 bits per heavy atom. The zero-order valence-electron chi connectivity index (χ0n) is 12.0. The molecule has 3 rings (SSSR count). The van der Waals surface area contributed by atoms with Crippen LogP contribution in [0.25, 0.3) is 10.8 Å². The van der Waals surface area contributed by atoms with Gasteiger partial charge in [0, 0.05) is 25.2 Å². The van der Waals surface area contributed by atoms with Gasteiger partial charge in [-0.25, -0.2) is 4.98 Å². The van der Waals surface area contributed by atoms with Crippen molar-refractivity contribution >= 4 is 22.5 Å². The Labute approximate surface area is 123 Å². The van der Waals surface area contributed by atoms with Crippen LogP contribution in [0.1, 0.15) is 23.2 Å². The molecule has 0 saturated heterocycles. The summed E-state index contributed by atoms with van der Waals surface area (Å²) in [6.45, 7) is 0.661. The van der Waals surface area contributed by atoms with Gasteiger partial charge in [0.05, 0.1) is 11.7 Å². The summed E-state index contributed by atoms with van der Waals surface area (Å²) >= 11 is 0. The van der Waals surface area contributed by atoms with Crippen molar-refractivity contribution in [3.8, 4) is 0 Å². The summed E-state index contributed by atoms with van der Waals surface area (Å²) in [7, 11) is 1.79. The number of aliphatic hydroxyl groups is 1. The summed E-state index contributed by atoms with van der Waals surface area (Å²) in [6.07, 6.45) is 2.90. The summed E-state index contributed by atoms with van der Waals surface area (Å²) in [4.78, 5) is 18.4. The predicted octanol–water partition coefficient (Wildman–Crippen LogP) is 1.66. The number of carbonyl (C=O) groups is 1. The lowest BCUT2D eigenvalue weighted by molar-refractivity contribution is 0.0265. The predicted molar refractivity (Wildman–Crippen MR) is 81.8 cm³/mol. The minimum Gasteiger partial charge on any atom is -0.393 e. The molecule has 1 aromatic heterocycles. The smallest absolute Gasteiger partial charge is 0.255 e. The maximum Gasteiger partial charge on any atom is 0.255 e. The minimum absolute atomic E-state index is 0.0555. The molecule has 1 fully saturated rings. The number of hydrogen-bond donors (Lipinski definition) is 2. The zero-order chi connectivity index (χ0) is 15.0. The van der Waals surface area contributed by atoms with Crippen LogP contribution < -0.4 is 5.73 Å². The fraction of sp³-hybridized carbons (Fsp3) is 0.375. The first-order valence-corrected chi connectivity index (χ1v) is 7.13. The third-order valence-corrected chi connectivity index (χ3v) is 4.15. The molecule has 0 unspecified atom stereocenters. The van der Waals surface area contributed by atoms with Crippen LogP contribution in [0.3, 0.4) is 0 Å². The van der Waals surface area contributed by atoms with E-state index < -0.39 is 0 Å². The Balaban J connectivity index is 1.86. The molecular formula is C16H19N3O2. The summed E-state index contributed by atoms with van der Waals surface area (Å²) in [5.41, 5.74) is 6.44. The van der Waals surface area contributed by atoms with Gasteiger partial charge in [0.1, 0.15) is 5.82 Å². The van der Waals surface area contributed by atoms with Crippen molar-refractivity contribution in [2.45, 2.75) is 18.9 Å². The van der Waals surface area contributed by atoms with Gasteiger partial charge in [-0.05, 0) is 24.1 Å². The maximum atomic E-state index is 12.6. The molecular weight excluding hydrogens is 266 g/mol. The molecule has 21 heavy (non-hydrogen) atoms. The van der Waals surface area contributed by atoms with Gasteiger partial charge >= 0.3 is 0 Å². The number of amides is 1. The number of rotatable bonds is 3. The number of aromatic nitrogens is 1. The van der Waals surface area contributed by atoms with E-state index in [1.807, 2.05) is 24.3 Å². The van der Waals surface area contributed by atoms with Crippen molar-refractivity contribution in [1.82, 2.24) is 9.88 Å². The molecule has 1 saturated carbocycles. The van der Waals surface area contributed by atoms with Gasteiger partial charge in [0.2, 0.25) is 0 Å². The fourth-order valence-electron chi connectivity index (χ4n) is 2.91. The molecule has 1 aliphatic rings. The summed E-state index contributed by atoms with van der Waals surface area (Å²) in [5, 5.41) is 11.0. The molecule has 0 bridgehead atoms. The van der Waals surface area contributed by atoms with Crippen molar-refractivity contribution in [1.29, 1.82) is 0 Å². The average Bonchev–Trinajstić information content (AvgIpc) is 2.45. The number of fused-ring (bicyclic) bond motifs is 1. The number of aliphatic hydroxyl groups excluding tert-OH is 1. The second-order valence-corrected chi connectivity index (χ2v) is 5.78. The van der Waals surface area contributed by atoms with Gasteiger partial charge in [-0.1, -0.05) is 24.3 Å². The molecule has 0 radical (unpaired) electrons. The van der Waals surface area contributed by atoms with Gasteiger partial charge in [-0.3, -0.25) is 4.79 Å². The number of hydrogen-bond acceptors (Lipinski definition) is 4. The quantitative estimate of drug-likeness (QED) is 0.899. The van der Waals surface area contributed by atoms with Crippen molar-refractivity contribution < 1.29 is 9.90 Å². The van der Waals surface area contributed by atoms with E-state index >= 15 is 0 Å². The molecule has 1 heterocycles. The molecule has 110 valence electrons. The highest BCUT2D eigenvalue weighted by Gasteiger charge is 2.29. The van der Waals surface area contributed by atoms with Crippen LogP contribution in [0.2, 0.25) is 0 Å². The fourth-order valence-corrected chi connectivity index (χ4v) is 2.91. The highest BCUT2D eigenvalue weighted by atomic mass is 16.3. The Kier molecular flexibility index (Phi) is 3.51. The largest absolute Gasteiger partial charge is 0.393 e. The van der Waals surface area contributed by atoms with Crippen LogP contribution in [-0.2, 0) is 0 Å². The number of nitrogens with two attached hydrogens (primary N) is 1. The number of nitrogen functional groups attached to an aromatic ring is 1. The molecule has 0 aliphatic heterocycles. The van der Waals surface area contributed by atoms with Crippen LogP contribution in [0.4, 0.5) is 5.82 Å². The first-order chi connectivity index (χ1) is 10.1. The molecule has 0 spiro atoms. The number of anilines is 1. The monoisotopic (exact) mass is 285 g/mol. The SMILES string of the molecule is CN(CC1CC(O)C1)C(=O)c1cnc(N)c2ccccc12. The van der Waals surface area contributed by atoms with Crippen molar-refractivity contribution in [3.63, 3.8) is 0 Å². The van der Waals surface area contributed by atoms with Gasteiger partial charge in [-0.2, -0.15) is 0 Å². The molecule has 3 N–H and O–H groups in total. The van der Waals surface area contributed by atoms with E-state index in [4.69, 9.17) is 5.73 Å². The summed E-state index contributed by atoms with van der Waals surface area (Å²) in [5.74, 6) is 0.772. The van der Waals surface area contributed by atoms with Crippen molar-refractivity contribution in [2.75, 3.05) is 19.3 Å². The van der Waals surface area contributed by atoms with E-state index in [-0.39, 0.29) is 12.0 Å². The van der Waals surface area contributed by atoms with E-state index in [2.05, 4.69) is 4.98 Å².